The van der Waals surface area contributed by atoms with Crippen LogP contribution in [0.15, 0.2) is 48.7 Å². The highest BCUT2D eigenvalue weighted by Gasteiger charge is 2.26. The summed E-state index contributed by atoms with van der Waals surface area (Å²) in [6.45, 7) is 0.399. The molecule has 30 heavy (non-hydrogen) atoms. The number of halogens is 1. The number of aryl methyl sites for hydroxylation is 1. The average Bonchev–Trinajstić information content (AvgIpc) is 3.13. The van der Waals surface area contributed by atoms with Crippen molar-refractivity contribution in [1.29, 1.82) is 0 Å². The second kappa shape index (κ2) is 8.64. The second-order valence-corrected chi connectivity index (χ2v) is 7.43. The van der Waals surface area contributed by atoms with E-state index in [1.165, 1.54) is 4.90 Å². The van der Waals surface area contributed by atoms with E-state index in [0.29, 0.717) is 35.2 Å². The number of ether oxygens (including phenoxy) is 2. The Morgan fingerprint density at radius 2 is 2.17 bits per heavy atom. The minimum atomic E-state index is -0.542. The lowest BCUT2D eigenvalue weighted by atomic mass is 10.1. The highest BCUT2D eigenvalue weighted by Crippen LogP contribution is 2.33. The number of aromatic nitrogens is 2. The molecule has 1 amide bonds. The summed E-state index contributed by atoms with van der Waals surface area (Å²) < 4.78 is 33.2. The van der Waals surface area contributed by atoms with E-state index in [0.717, 1.165) is 17.7 Å². The zero-order chi connectivity index (χ0) is 21.1. The summed E-state index contributed by atoms with van der Waals surface area (Å²) in [7, 11) is 3.53. The van der Waals surface area contributed by atoms with Gasteiger partial charge in [0.1, 0.15) is 11.5 Å². The number of rotatable bonds is 7. The number of amides is 1. The molecule has 156 valence electrons. The molecule has 0 radical (unpaired) electrons. The molecular weight excluding hydrogens is 409 g/mol. The molecule has 4 rings (SSSR count). The molecule has 0 saturated carbocycles. The van der Waals surface area contributed by atoms with Crippen LogP contribution in [0.4, 0.5) is 14.9 Å². The van der Waals surface area contributed by atoms with Gasteiger partial charge in [0.15, 0.2) is 5.82 Å². The highest BCUT2D eigenvalue weighted by molar-refractivity contribution is 7.98. The van der Waals surface area contributed by atoms with Crippen molar-refractivity contribution in [1.82, 2.24) is 19.4 Å². The number of anilines is 1. The van der Waals surface area contributed by atoms with Gasteiger partial charge in [-0.15, -0.1) is 5.10 Å². The number of fused-ring (bicyclic) bond motifs is 1. The molecule has 0 unspecified atom stereocenters. The molecule has 0 spiro atoms. The van der Waals surface area contributed by atoms with Gasteiger partial charge >= 0.3 is 6.09 Å². The first-order valence-electron chi connectivity index (χ1n) is 9.16. The molecule has 0 atom stereocenters. The number of hydrogen-bond acceptors (Lipinski definition) is 7. The van der Waals surface area contributed by atoms with Crippen LogP contribution in [-0.4, -0.2) is 27.8 Å². The topological polar surface area (TPSA) is 80.7 Å². The van der Waals surface area contributed by atoms with E-state index in [2.05, 4.69) is 14.5 Å². The van der Waals surface area contributed by atoms with Crippen LogP contribution in [0, 0.1) is 5.82 Å². The highest BCUT2D eigenvalue weighted by atomic mass is 32.2. The van der Waals surface area contributed by atoms with Gasteiger partial charge in [-0.3, -0.25) is 9.58 Å². The van der Waals surface area contributed by atoms with Gasteiger partial charge < -0.3 is 14.2 Å². The number of hydrogen-bond donors (Lipinski definition) is 2. The molecule has 2 heterocycles. The largest absolute Gasteiger partial charge is 0.437 e. The maximum atomic E-state index is 14.7. The maximum absolute atomic E-state index is 14.7. The zero-order valence-corrected chi connectivity index (χ0v) is 17.2. The molecule has 1 aromatic heterocycles. The normalized spacial score (nSPS) is 13.0. The monoisotopic (exact) mass is 429 g/mol. The summed E-state index contributed by atoms with van der Waals surface area (Å²) in [6, 6.07) is 12.0. The maximum Gasteiger partial charge on any atom is 0.415 e. The summed E-state index contributed by atoms with van der Waals surface area (Å²) in [4.78, 5) is 14.0. The number of benzene rings is 2. The van der Waals surface area contributed by atoms with Gasteiger partial charge in [0.25, 0.3) is 0 Å². The first-order valence-corrected chi connectivity index (χ1v) is 9.98. The van der Waals surface area contributed by atoms with Crippen LogP contribution < -0.4 is 18.9 Å². The minimum absolute atomic E-state index is 0.0933. The third-order valence-corrected chi connectivity index (χ3v) is 5.00. The van der Waals surface area contributed by atoms with Crippen LogP contribution >= 0.6 is 12.1 Å². The molecule has 8 nitrogen and oxygen atoms in total. The van der Waals surface area contributed by atoms with Crippen molar-refractivity contribution < 1.29 is 18.7 Å². The summed E-state index contributed by atoms with van der Waals surface area (Å²) in [5, 5.41) is 4.16. The SMILES string of the molecule is CNSNc1cccc(CN2Cc3ccc(Oc4ccn(C)n4)cc3OC2=O)c1F. The van der Waals surface area contributed by atoms with Gasteiger partial charge in [-0.05, 0) is 25.2 Å². The van der Waals surface area contributed by atoms with Crippen LogP contribution in [0.25, 0.3) is 0 Å². The molecule has 1 aliphatic rings. The van der Waals surface area contributed by atoms with Gasteiger partial charge in [0, 0.05) is 48.6 Å². The van der Waals surface area contributed by atoms with E-state index in [9.17, 15) is 9.18 Å². The summed E-state index contributed by atoms with van der Waals surface area (Å²) in [5.41, 5.74) is 1.55. The smallest absolute Gasteiger partial charge is 0.415 e. The van der Waals surface area contributed by atoms with Crippen molar-refractivity contribution in [2.75, 3.05) is 11.8 Å². The van der Waals surface area contributed by atoms with Crippen molar-refractivity contribution in [2.24, 2.45) is 7.05 Å². The predicted molar refractivity (Wildman–Crippen MR) is 112 cm³/mol. The Morgan fingerprint density at radius 1 is 1.30 bits per heavy atom. The van der Waals surface area contributed by atoms with Crippen molar-refractivity contribution in [2.45, 2.75) is 13.1 Å². The number of carbonyl (C=O) groups is 1. The van der Waals surface area contributed by atoms with Crippen molar-refractivity contribution in [3.05, 3.63) is 65.6 Å². The van der Waals surface area contributed by atoms with Crippen LogP contribution in [-0.2, 0) is 20.1 Å². The molecular formula is C20H20FN5O3S. The quantitative estimate of drug-likeness (QED) is 0.548. The number of nitrogens with one attached hydrogen (secondary N) is 2. The number of nitrogens with zero attached hydrogens (tertiary/aromatic N) is 3. The van der Waals surface area contributed by atoms with Gasteiger partial charge in [-0.1, -0.05) is 12.1 Å². The van der Waals surface area contributed by atoms with Gasteiger partial charge in [0.05, 0.1) is 18.8 Å². The van der Waals surface area contributed by atoms with E-state index < -0.39 is 11.9 Å². The lowest BCUT2D eigenvalue weighted by Gasteiger charge is -2.28. The van der Waals surface area contributed by atoms with Crippen molar-refractivity contribution in [3.8, 4) is 17.4 Å². The van der Waals surface area contributed by atoms with E-state index >= 15 is 0 Å². The molecule has 2 N–H and O–H groups in total. The fourth-order valence-corrected chi connectivity index (χ4v) is 3.40. The Hall–Kier alpha value is -3.24. The van der Waals surface area contributed by atoms with E-state index in [4.69, 9.17) is 9.47 Å². The fraction of sp³-hybridized carbons (Fsp3) is 0.200. The Labute approximate surface area is 177 Å². The Bertz CT molecular complexity index is 1070. The van der Waals surface area contributed by atoms with E-state index in [-0.39, 0.29) is 6.54 Å². The van der Waals surface area contributed by atoms with Crippen molar-refractivity contribution in [3.63, 3.8) is 0 Å². The lowest BCUT2D eigenvalue weighted by Crippen LogP contribution is -2.36. The van der Waals surface area contributed by atoms with Crippen molar-refractivity contribution >= 4 is 23.9 Å². The van der Waals surface area contributed by atoms with Crippen LogP contribution in [0.2, 0.25) is 0 Å². The Morgan fingerprint density at radius 3 is 2.93 bits per heavy atom. The van der Waals surface area contributed by atoms with Gasteiger partial charge in [0.2, 0.25) is 5.88 Å². The first kappa shape index (κ1) is 20.0. The predicted octanol–water partition coefficient (Wildman–Crippen LogP) is 4.06. The third kappa shape index (κ3) is 4.34. The molecule has 2 aromatic carbocycles. The summed E-state index contributed by atoms with van der Waals surface area (Å²) >= 11 is 1.16. The second-order valence-electron chi connectivity index (χ2n) is 6.61. The van der Waals surface area contributed by atoms with Crippen LogP contribution in [0.5, 0.6) is 17.4 Å². The van der Waals surface area contributed by atoms with Gasteiger partial charge in [-0.2, -0.15) is 0 Å². The molecule has 0 saturated heterocycles. The third-order valence-electron chi connectivity index (χ3n) is 4.47. The van der Waals surface area contributed by atoms with E-state index in [1.54, 1.807) is 61.4 Å². The minimum Gasteiger partial charge on any atom is -0.437 e. The molecule has 0 aliphatic carbocycles. The molecule has 3 aromatic rings. The lowest BCUT2D eigenvalue weighted by molar-refractivity contribution is 0.134. The van der Waals surface area contributed by atoms with Gasteiger partial charge in [-0.25, -0.2) is 13.9 Å². The number of carbonyl (C=O) groups excluding carboxylic acids is 1. The summed E-state index contributed by atoms with van der Waals surface area (Å²) in [6.07, 6.45) is 1.23. The molecule has 1 aliphatic heterocycles. The average molecular weight is 429 g/mol. The molecule has 0 fully saturated rings. The molecule has 0 bridgehead atoms. The Kier molecular flexibility index (Phi) is 5.77. The zero-order valence-electron chi connectivity index (χ0n) is 16.4. The standard InChI is InChI=1S/C20H20FN5O3S/c1-22-30-24-16-5-3-4-14(19(16)21)12-26-11-13-6-7-15(10-17(13)29-20(26)27)28-18-8-9-25(2)23-18/h3-10,22,24H,11-12H2,1-2H3. The fourth-order valence-electron chi connectivity index (χ4n) is 3.03. The summed E-state index contributed by atoms with van der Waals surface area (Å²) in [5.74, 6) is 0.978. The van der Waals surface area contributed by atoms with E-state index in [1.807, 2.05) is 6.07 Å². The Balaban J connectivity index is 1.48. The molecule has 10 heteroatoms. The van der Waals surface area contributed by atoms with Crippen LogP contribution in [0.3, 0.4) is 0 Å². The first-order chi connectivity index (χ1) is 14.5. The van der Waals surface area contributed by atoms with Crippen LogP contribution in [0.1, 0.15) is 11.1 Å².